The lowest BCUT2D eigenvalue weighted by Gasteiger charge is -2.18. The molecule has 2 aromatic carbocycles. The molecule has 2 aromatic rings. The van der Waals surface area contributed by atoms with Crippen LogP contribution in [0.5, 0.6) is 0 Å². The summed E-state index contributed by atoms with van der Waals surface area (Å²) in [5.41, 5.74) is 1.66. The Morgan fingerprint density at radius 3 is 2.14 bits per heavy atom. The number of carbonyl (C=O) groups is 2. The molecule has 0 spiro atoms. The van der Waals surface area contributed by atoms with Gasteiger partial charge in [-0.3, -0.25) is 4.79 Å². The molecular weight excluding hydrogens is 378 g/mol. The van der Waals surface area contributed by atoms with Crippen molar-refractivity contribution in [1.82, 2.24) is 4.31 Å². The number of esters is 1. The number of rotatable bonds is 9. The quantitative estimate of drug-likeness (QED) is 0.474. The first-order chi connectivity index (χ1) is 13.3. The smallest absolute Gasteiger partial charge is 0.338 e. The maximum Gasteiger partial charge on any atom is 0.338 e. The van der Waals surface area contributed by atoms with Gasteiger partial charge in [0.25, 0.3) is 0 Å². The lowest BCUT2D eigenvalue weighted by molar-refractivity contribution is 0.0474. The molecule has 150 valence electrons. The fourth-order valence-electron chi connectivity index (χ4n) is 2.72. The van der Waals surface area contributed by atoms with Crippen LogP contribution >= 0.6 is 0 Å². The summed E-state index contributed by atoms with van der Waals surface area (Å²) in [7, 11) is -3.68. The number of carbonyl (C=O) groups excluding carboxylic acids is 2. The number of aryl methyl sites for hydroxylation is 1. The van der Waals surface area contributed by atoms with Gasteiger partial charge < -0.3 is 4.74 Å². The Kier molecular flexibility index (Phi) is 7.48. The molecule has 28 heavy (non-hydrogen) atoms. The first-order valence-electron chi connectivity index (χ1n) is 9.22. The molecule has 0 radical (unpaired) electrons. The fraction of sp³-hybridized carbons (Fsp3) is 0.333. The average molecular weight is 404 g/mol. The van der Waals surface area contributed by atoms with Crippen molar-refractivity contribution in [3.8, 4) is 0 Å². The van der Waals surface area contributed by atoms with Crippen molar-refractivity contribution in [2.24, 2.45) is 0 Å². The molecule has 0 atom stereocenters. The van der Waals surface area contributed by atoms with Gasteiger partial charge in [-0.05, 0) is 30.2 Å². The Bertz CT molecular complexity index is 932. The summed E-state index contributed by atoms with van der Waals surface area (Å²) < 4.78 is 31.6. The fourth-order valence-corrected chi connectivity index (χ4v) is 4.22. The molecular formula is C21H25NO5S. The lowest BCUT2D eigenvalue weighted by atomic mass is 10.1. The Hall–Kier alpha value is -2.51. The van der Waals surface area contributed by atoms with Crippen molar-refractivity contribution < 1.29 is 22.7 Å². The first-order valence-corrected chi connectivity index (χ1v) is 10.7. The Balaban J connectivity index is 2.09. The predicted octanol–water partition coefficient (Wildman–Crippen LogP) is 3.32. The number of nitrogens with zero attached hydrogens (tertiary/aromatic N) is 1. The first kappa shape index (κ1) is 21.8. The molecule has 0 amide bonds. The topological polar surface area (TPSA) is 80.8 Å². The van der Waals surface area contributed by atoms with Crippen molar-refractivity contribution in [1.29, 1.82) is 0 Å². The maximum absolute atomic E-state index is 12.6. The van der Waals surface area contributed by atoms with Gasteiger partial charge in [-0.2, -0.15) is 4.31 Å². The Morgan fingerprint density at radius 1 is 0.929 bits per heavy atom. The highest BCUT2D eigenvalue weighted by Gasteiger charge is 2.23. The van der Waals surface area contributed by atoms with E-state index in [4.69, 9.17) is 4.74 Å². The molecule has 0 saturated carbocycles. The highest BCUT2D eigenvalue weighted by Crippen LogP contribution is 2.17. The Labute approximate surface area is 166 Å². The van der Waals surface area contributed by atoms with Gasteiger partial charge in [-0.1, -0.05) is 51.1 Å². The van der Waals surface area contributed by atoms with Crippen LogP contribution in [0, 0.1) is 0 Å². The normalized spacial score (nSPS) is 11.4. The van der Waals surface area contributed by atoms with Crippen LogP contribution in [0.15, 0.2) is 53.4 Å². The second kappa shape index (κ2) is 9.61. The molecule has 0 fully saturated rings. The van der Waals surface area contributed by atoms with Crippen molar-refractivity contribution >= 4 is 21.8 Å². The van der Waals surface area contributed by atoms with E-state index >= 15 is 0 Å². The average Bonchev–Trinajstić information content (AvgIpc) is 2.72. The third-order valence-corrected chi connectivity index (χ3v) is 6.48. The number of hydrogen-bond donors (Lipinski definition) is 0. The van der Waals surface area contributed by atoms with Crippen LogP contribution in [-0.4, -0.2) is 44.2 Å². The van der Waals surface area contributed by atoms with E-state index in [2.05, 4.69) is 0 Å². The van der Waals surface area contributed by atoms with Crippen LogP contribution in [0.3, 0.4) is 0 Å². The summed E-state index contributed by atoms with van der Waals surface area (Å²) in [6.07, 6.45) is 0.871. The summed E-state index contributed by atoms with van der Waals surface area (Å²) in [4.78, 5) is 24.5. The van der Waals surface area contributed by atoms with E-state index in [-0.39, 0.29) is 16.2 Å². The van der Waals surface area contributed by atoms with E-state index in [0.29, 0.717) is 18.7 Å². The molecule has 6 nitrogen and oxygen atoms in total. The van der Waals surface area contributed by atoms with Crippen LogP contribution in [0.2, 0.25) is 0 Å². The number of ketones is 1. The van der Waals surface area contributed by atoms with Crippen LogP contribution in [-0.2, 0) is 21.2 Å². The summed E-state index contributed by atoms with van der Waals surface area (Å²) in [6.45, 7) is 5.78. The van der Waals surface area contributed by atoms with Crippen molar-refractivity contribution in [2.45, 2.75) is 32.1 Å². The third kappa shape index (κ3) is 5.05. The number of ether oxygens (including phenoxy) is 1. The molecule has 7 heteroatoms. The minimum Gasteiger partial charge on any atom is -0.454 e. The minimum absolute atomic E-state index is 0.0205. The van der Waals surface area contributed by atoms with E-state index in [1.54, 1.807) is 26.0 Å². The molecule has 0 unspecified atom stereocenters. The summed E-state index contributed by atoms with van der Waals surface area (Å²) >= 11 is 0. The van der Waals surface area contributed by atoms with Crippen molar-refractivity contribution in [2.75, 3.05) is 19.7 Å². The molecule has 0 aromatic heterocycles. The van der Waals surface area contributed by atoms with E-state index in [9.17, 15) is 18.0 Å². The van der Waals surface area contributed by atoms with Gasteiger partial charge in [-0.15, -0.1) is 0 Å². The van der Waals surface area contributed by atoms with Gasteiger partial charge in [-0.25, -0.2) is 13.2 Å². The van der Waals surface area contributed by atoms with E-state index < -0.39 is 22.6 Å². The van der Waals surface area contributed by atoms with E-state index in [1.807, 2.05) is 19.1 Å². The highest BCUT2D eigenvalue weighted by atomic mass is 32.2. The second-order valence-electron chi connectivity index (χ2n) is 6.17. The molecule has 2 rings (SSSR count). The van der Waals surface area contributed by atoms with E-state index in [0.717, 1.165) is 12.0 Å². The monoisotopic (exact) mass is 403 g/mol. The van der Waals surface area contributed by atoms with Gasteiger partial charge >= 0.3 is 5.97 Å². The zero-order chi connectivity index (χ0) is 20.7. The standard InChI is InChI=1S/C21H25NO5S/c1-4-16-10-12-17(13-11-16)20(23)15-27-21(24)18-8-7-9-19(14-18)28(25,26)22(5-2)6-3/h7-14H,4-6,15H2,1-3H3. The summed E-state index contributed by atoms with van der Waals surface area (Å²) in [5.74, 6) is -1.06. The zero-order valence-corrected chi connectivity index (χ0v) is 17.2. The minimum atomic E-state index is -3.68. The molecule has 0 aliphatic heterocycles. The maximum atomic E-state index is 12.6. The number of Topliss-reactive ketones (excluding diaryl/α,β-unsaturated/α-hetero) is 1. The van der Waals surface area contributed by atoms with Crippen LogP contribution in [0.1, 0.15) is 47.1 Å². The number of sulfonamides is 1. The number of hydrogen-bond acceptors (Lipinski definition) is 5. The van der Waals surface area contributed by atoms with Crippen LogP contribution in [0.25, 0.3) is 0 Å². The lowest BCUT2D eigenvalue weighted by Crippen LogP contribution is -2.30. The van der Waals surface area contributed by atoms with E-state index in [1.165, 1.54) is 28.6 Å². The molecule has 0 N–H and O–H groups in total. The van der Waals surface area contributed by atoms with Gasteiger partial charge in [0.15, 0.2) is 12.4 Å². The molecule has 0 bridgehead atoms. The predicted molar refractivity (Wildman–Crippen MR) is 107 cm³/mol. The molecule has 0 aliphatic carbocycles. The van der Waals surface area contributed by atoms with Gasteiger partial charge in [0.2, 0.25) is 10.0 Å². The molecule has 0 aliphatic rings. The molecule has 0 saturated heterocycles. The Morgan fingerprint density at radius 2 is 1.57 bits per heavy atom. The summed E-state index contributed by atoms with van der Waals surface area (Å²) in [6, 6.07) is 12.8. The van der Waals surface area contributed by atoms with Crippen LogP contribution in [0.4, 0.5) is 0 Å². The van der Waals surface area contributed by atoms with Gasteiger partial charge in [0.05, 0.1) is 10.5 Å². The summed E-state index contributed by atoms with van der Waals surface area (Å²) in [5, 5.41) is 0. The highest BCUT2D eigenvalue weighted by molar-refractivity contribution is 7.89. The van der Waals surface area contributed by atoms with Crippen LogP contribution < -0.4 is 0 Å². The van der Waals surface area contributed by atoms with Crippen molar-refractivity contribution in [3.63, 3.8) is 0 Å². The van der Waals surface area contributed by atoms with Crippen molar-refractivity contribution in [3.05, 3.63) is 65.2 Å². The zero-order valence-electron chi connectivity index (χ0n) is 16.3. The largest absolute Gasteiger partial charge is 0.454 e. The van der Waals surface area contributed by atoms with Gasteiger partial charge in [0.1, 0.15) is 0 Å². The molecule has 0 heterocycles. The second-order valence-corrected chi connectivity index (χ2v) is 8.10. The third-order valence-electron chi connectivity index (χ3n) is 4.43. The SMILES string of the molecule is CCc1ccc(C(=O)COC(=O)c2cccc(S(=O)(=O)N(CC)CC)c2)cc1. The number of benzene rings is 2. The van der Waals surface area contributed by atoms with Gasteiger partial charge in [0, 0.05) is 18.7 Å².